The molecule has 2 saturated heterocycles. The fraction of sp³-hybridized carbons (Fsp3) is 0.261. The molecule has 0 radical (unpaired) electrons. The van der Waals surface area contributed by atoms with Gasteiger partial charge in [-0.15, -0.1) is 0 Å². The molecule has 2 aromatic carbocycles. The lowest BCUT2D eigenvalue weighted by molar-refractivity contribution is -0.129. The molecule has 4 N–H and O–H groups in total. The van der Waals surface area contributed by atoms with Crippen LogP contribution in [0.2, 0.25) is 0 Å². The molecular formula is C23H23F2N7O2. The van der Waals surface area contributed by atoms with Crippen LogP contribution in [0, 0.1) is 31.4 Å². The number of halogens is 2. The minimum absolute atomic E-state index is 0.0458. The number of benzene rings is 2. The third kappa shape index (κ3) is 3.99. The van der Waals surface area contributed by atoms with Gasteiger partial charge in [-0.1, -0.05) is 17.7 Å². The molecule has 0 aliphatic carbocycles. The largest absolute Gasteiger partial charge is 0.321 e. The molecule has 9 nitrogen and oxygen atoms in total. The maximum Gasteiger partial charge on any atom is 0.256 e. The molecule has 0 bridgehead atoms. The molecule has 5 rings (SSSR count). The lowest BCUT2D eigenvalue weighted by Crippen LogP contribution is -2.61. The zero-order valence-corrected chi connectivity index (χ0v) is 18.5. The Kier molecular flexibility index (Phi) is 5.50. The number of hydrogen-bond acceptors (Lipinski definition) is 6. The van der Waals surface area contributed by atoms with E-state index in [0.717, 1.165) is 23.4 Å². The highest BCUT2D eigenvalue weighted by atomic mass is 19.2. The summed E-state index contributed by atoms with van der Waals surface area (Å²) in [5.74, 6) is -3.00. The number of nitrogens with zero attached hydrogens (tertiary/aromatic N) is 3. The molecule has 2 fully saturated rings. The number of fused-ring (bicyclic) bond motifs is 1. The number of aryl methyl sites for hydroxylation is 2. The van der Waals surface area contributed by atoms with Gasteiger partial charge < -0.3 is 10.6 Å². The fourth-order valence-corrected chi connectivity index (χ4v) is 4.18. The van der Waals surface area contributed by atoms with Crippen LogP contribution in [0.4, 0.5) is 20.3 Å². The van der Waals surface area contributed by atoms with Crippen LogP contribution < -0.4 is 26.4 Å². The summed E-state index contributed by atoms with van der Waals surface area (Å²) >= 11 is 0. The summed E-state index contributed by atoms with van der Waals surface area (Å²) in [4.78, 5) is 25.6. The number of rotatable bonds is 4. The minimum atomic E-state index is -1.12. The average molecular weight is 467 g/mol. The lowest BCUT2D eigenvalue weighted by atomic mass is 10.0. The first-order chi connectivity index (χ1) is 16.3. The number of carbonyl (C=O) groups is 2. The van der Waals surface area contributed by atoms with E-state index in [9.17, 15) is 18.4 Å². The van der Waals surface area contributed by atoms with Gasteiger partial charge in [-0.05, 0) is 44.2 Å². The van der Waals surface area contributed by atoms with E-state index in [2.05, 4.69) is 26.5 Å². The van der Waals surface area contributed by atoms with Crippen LogP contribution in [-0.4, -0.2) is 34.3 Å². The number of amides is 2. The Balaban J connectivity index is 1.39. The van der Waals surface area contributed by atoms with E-state index < -0.39 is 23.8 Å². The van der Waals surface area contributed by atoms with Gasteiger partial charge in [0.25, 0.3) is 5.91 Å². The Morgan fingerprint density at radius 1 is 1.09 bits per heavy atom. The van der Waals surface area contributed by atoms with Crippen molar-refractivity contribution in [1.29, 1.82) is 0 Å². The SMILES string of the molecule is Cc1ccc(N2NCC3C(=O)NC(n4nc(C)cc4NC(=O)c4ccc(F)c(F)c4)NC32)cc1. The van der Waals surface area contributed by atoms with Crippen LogP contribution in [0.1, 0.15) is 27.9 Å². The topological polar surface area (TPSA) is 103 Å². The lowest BCUT2D eigenvalue weighted by Gasteiger charge is -2.37. The summed E-state index contributed by atoms with van der Waals surface area (Å²) < 4.78 is 28.3. The third-order valence-corrected chi connectivity index (χ3v) is 5.92. The third-order valence-electron chi connectivity index (χ3n) is 5.92. The zero-order chi connectivity index (χ0) is 24.0. The first-order valence-electron chi connectivity index (χ1n) is 10.8. The molecular weight excluding hydrogens is 444 g/mol. The van der Waals surface area contributed by atoms with Gasteiger partial charge in [0, 0.05) is 18.2 Å². The van der Waals surface area contributed by atoms with Crippen LogP contribution in [0.15, 0.2) is 48.5 Å². The number of nitrogens with one attached hydrogen (secondary N) is 4. The Hall–Kier alpha value is -3.83. The van der Waals surface area contributed by atoms with E-state index in [0.29, 0.717) is 12.2 Å². The predicted molar refractivity (Wildman–Crippen MR) is 121 cm³/mol. The summed E-state index contributed by atoms with van der Waals surface area (Å²) in [6.45, 7) is 4.21. The van der Waals surface area contributed by atoms with Gasteiger partial charge in [0.05, 0.1) is 17.3 Å². The van der Waals surface area contributed by atoms with Crippen molar-refractivity contribution in [2.45, 2.75) is 26.3 Å². The van der Waals surface area contributed by atoms with Crippen molar-refractivity contribution < 1.29 is 18.4 Å². The van der Waals surface area contributed by atoms with E-state index in [1.807, 2.05) is 36.2 Å². The second-order valence-corrected chi connectivity index (χ2v) is 8.40. The first kappa shape index (κ1) is 22.0. The van der Waals surface area contributed by atoms with Crippen molar-refractivity contribution >= 4 is 23.3 Å². The monoisotopic (exact) mass is 467 g/mol. The summed E-state index contributed by atoms with van der Waals surface area (Å²) in [7, 11) is 0. The van der Waals surface area contributed by atoms with Crippen LogP contribution in [0.25, 0.3) is 0 Å². The molecule has 2 aliphatic rings. The van der Waals surface area contributed by atoms with E-state index in [1.165, 1.54) is 10.7 Å². The summed E-state index contributed by atoms with van der Waals surface area (Å²) in [6.07, 6.45) is -1.11. The Bertz CT molecular complexity index is 1260. The Labute approximate surface area is 194 Å². The van der Waals surface area contributed by atoms with Crippen LogP contribution in [-0.2, 0) is 4.79 Å². The Morgan fingerprint density at radius 3 is 2.59 bits per heavy atom. The van der Waals surface area contributed by atoms with Gasteiger partial charge in [-0.2, -0.15) is 5.10 Å². The number of hydrazine groups is 1. The van der Waals surface area contributed by atoms with Gasteiger partial charge in [0.15, 0.2) is 17.9 Å². The van der Waals surface area contributed by atoms with Crippen molar-refractivity contribution in [3.8, 4) is 0 Å². The van der Waals surface area contributed by atoms with Gasteiger partial charge in [0.2, 0.25) is 5.91 Å². The summed E-state index contributed by atoms with van der Waals surface area (Å²) in [5.41, 5.74) is 5.85. The number of hydrogen-bond donors (Lipinski definition) is 4. The molecule has 34 heavy (non-hydrogen) atoms. The second-order valence-electron chi connectivity index (χ2n) is 8.40. The van der Waals surface area contributed by atoms with Crippen molar-refractivity contribution in [2.24, 2.45) is 5.92 Å². The number of aromatic nitrogens is 2. The van der Waals surface area contributed by atoms with Crippen LogP contribution >= 0.6 is 0 Å². The van der Waals surface area contributed by atoms with Crippen LogP contribution in [0.5, 0.6) is 0 Å². The standard InChI is InChI=1S/C23H23F2N7O2/c1-12-3-6-15(7-4-12)31-20-16(11-26-31)22(34)29-23(28-20)32-19(9-13(2)30-32)27-21(33)14-5-8-17(24)18(25)10-14/h3-10,16,20,23,26,28H,11H2,1-2H3,(H,27,33)(H,29,34). The van der Waals surface area contributed by atoms with Crippen LogP contribution in [0.3, 0.4) is 0 Å². The Morgan fingerprint density at radius 2 is 1.85 bits per heavy atom. The molecule has 1 aromatic heterocycles. The van der Waals surface area contributed by atoms with Gasteiger partial charge in [-0.25, -0.2) is 18.9 Å². The van der Waals surface area contributed by atoms with Crippen molar-refractivity contribution in [1.82, 2.24) is 25.8 Å². The molecule has 0 saturated carbocycles. The maximum absolute atomic E-state index is 13.6. The molecule has 3 unspecified atom stereocenters. The highest BCUT2D eigenvalue weighted by Crippen LogP contribution is 2.28. The maximum atomic E-state index is 13.6. The van der Waals surface area contributed by atoms with Crippen molar-refractivity contribution in [2.75, 3.05) is 16.9 Å². The molecule has 2 aliphatic heterocycles. The molecule has 176 valence electrons. The minimum Gasteiger partial charge on any atom is -0.321 e. The van der Waals surface area contributed by atoms with E-state index in [4.69, 9.17) is 0 Å². The molecule has 3 aromatic rings. The van der Waals surface area contributed by atoms with Crippen molar-refractivity contribution in [3.63, 3.8) is 0 Å². The summed E-state index contributed by atoms with van der Waals surface area (Å²) in [6, 6.07) is 12.5. The highest BCUT2D eigenvalue weighted by Gasteiger charge is 2.45. The normalized spacial score (nSPS) is 21.8. The predicted octanol–water partition coefficient (Wildman–Crippen LogP) is 2.17. The quantitative estimate of drug-likeness (QED) is 0.469. The molecule has 2 amide bonds. The first-order valence-corrected chi connectivity index (χ1v) is 10.8. The van der Waals surface area contributed by atoms with Crippen molar-refractivity contribution in [3.05, 3.63) is 77.0 Å². The van der Waals surface area contributed by atoms with Gasteiger partial charge >= 0.3 is 0 Å². The summed E-state index contributed by atoms with van der Waals surface area (Å²) in [5, 5.41) is 15.3. The zero-order valence-electron chi connectivity index (χ0n) is 18.5. The van der Waals surface area contributed by atoms with E-state index in [1.54, 1.807) is 13.0 Å². The smallest absolute Gasteiger partial charge is 0.256 e. The van der Waals surface area contributed by atoms with Gasteiger partial charge in [-0.3, -0.25) is 19.9 Å². The number of carbonyl (C=O) groups excluding carboxylic acids is 2. The average Bonchev–Trinajstić information content (AvgIpc) is 3.39. The second kappa shape index (κ2) is 8.50. The van der Waals surface area contributed by atoms with E-state index in [-0.39, 0.29) is 29.4 Å². The molecule has 11 heteroatoms. The molecule has 3 atom stereocenters. The van der Waals surface area contributed by atoms with Gasteiger partial charge in [0.1, 0.15) is 12.0 Å². The number of anilines is 2. The fourth-order valence-electron chi connectivity index (χ4n) is 4.18. The highest BCUT2D eigenvalue weighted by molar-refractivity contribution is 6.03. The molecule has 3 heterocycles. The molecule has 0 spiro atoms. The van der Waals surface area contributed by atoms with E-state index >= 15 is 0 Å².